The number of pyridine rings is 1. The molecule has 3 rings (SSSR count). The summed E-state index contributed by atoms with van der Waals surface area (Å²) in [6, 6.07) is 6.15. The lowest BCUT2D eigenvalue weighted by Gasteiger charge is -2.19. The maximum atomic E-state index is 13.3. The molecule has 1 aromatic heterocycles. The monoisotopic (exact) mass is 302 g/mol. The fourth-order valence-electron chi connectivity index (χ4n) is 2.99. The Hall–Kier alpha value is -2.01. The summed E-state index contributed by atoms with van der Waals surface area (Å²) in [5, 5.41) is 10.4. The molecule has 116 valence electrons. The molecule has 0 spiro atoms. The number of benzene rings is 1. The molecule has 5 heteroatoms. The molecular weight excluding hydrogens is 283 g/mol. The van der Waals surface area contributed by atoms with Gasteiger partial charge in [0.1, 0.15) is 5.82 Å². The van der Waals surface area contributed by atoms with Crippen molar-refractivity contribution in [3.8, 4) is 0 Å². The summed E-state index contributed by atoms with van der Waals surface area (Å²) in [4.78, 5) is 18.8. The number of fused-ring (bicyclic) bond motifs is 1. The molecule has 1 amide bonds. The van der Waals surface area contributed by atoms with Gasteiger partial charge in [-0.15, -0.1) is 0 Å². The first kappa shape index (κ1) is 14.9. The number of hydrogen-bond donors (Lipinski definition) is 1. The zero-order valence-corrected chi connectivity index (χ0v) is 12.7. The lowest BCUT2D eigenvalue weighted by Crippen LogP contribution is -2.31. The number of carbonyl (C=O) groups is 1. The molecule has 1 aromatic carbocycles. The van der Waals surface area contributed by atoms with Crippen LogP contribution in [0.4, 0.5) is 4.39 Å². The van der Waals surface area contributed by atoms with Gasteiger partial charge in [0.25, 0.3) is 5.91 Å². The Morgan fingerprint density at radius 3 is 2.91 bits per heavy atom. The van der Waals surface area contributed by atoms with Gasteiger partial charge in [-0.1, -0.05) is 0 Å². The molecule has 0 radical (unpaired) electrons. The minimum atomic E-state index is -0.406. The molecule has 2 heterocycles. The third-order valence-electron chi connectivity index (χ3n) is 4.39. The van der Waals surface area contributed by atoms with Crippen molar-refractivity contribution < 1.29 is 14.3 Å². The number of halogens is 1. The molecule has 0 saturated carbocycles. The molecule has 1 fully saturated rings. The van der Waals surface area contributed by atoms with E-state index < -0.39 is 6.10 Å². The molecule has 1 aliphatic heterocycles. The van der Waals surface area contributed by atoms with Gasteiger partial charge in [-0.2, -0.15) is 0 Å². The topological polar surface area (TPSA) is 53.4 Å². The van der Waals surface area contributed by atoms with E-state index in [1.807, 2.05) is 0 Å². The van der Waals surface area contributed by atoms with Gasteiger partial charge in [-0.05, 0) is 38.5 Å². The van der Waals surface area contributed by atoms with E-state index in [1.54, 1.807) is 30.9 Å². The van der Waals surface area contributed by atoms with Crippen molar-refractivity contribution in [3.63, 3.8) is 0 Å². The van der Waals surface area contributed by atoms with Gasteiger partial charge in [0.2, 0.25) is 0 Å². The summed E-state index contributed by atoms with van der Waals surface area (Å²) in [6.07, 6.45) is 0.408. The second-order valence-corrected chi connectivity index (χ2v) is 6.00. The lowest BCUT2D eigenvalue weighted by atomic mass is 10.0. The van der Waals surface area contributed by atoms with E-state index in [1.165, 1.54) is 12.1 Å². The van der Waals surface area contributed by atoms with Crippen molar-refractivity contribution in [2.75, 3.05) is 13.1 Å². The van der Waals surface area contributed by atoms with E-state index in [-0.39, 0.29) is 17.6 Å². The molecule has 1 aliphatic rings. The zero-order valence-electron chi connectivity index (χ0n) is 12.7. The van der Waals surface area contributed by atoms with Crippen LogP contribution in [0.1, 0.15) is 29.4 Å². The van der Waals surface area contributed by atoms with Crippen LogP contribution in [-0.4, -0.2) is 40.1 Å². The van der Waals surface area contributed by atoms with E-state index in [9.17, 15) is 14.3 Å². The van der Waals surface area contributed by atoms with Crippen LogP contribution in [-0.2, 0) is 0 Å². The van der Waals surface area contributed by atoms with E-state index in [2.05, 4.69) is 4.98 Å². The predicted octanol–water partition coefficient (Wildman–Crippen LogP) is 2.53. The predicted molar refractivity (Wildman–Crippen MR) is 82.1 cm³/mol. The molecule has 2 aromatic rings. The summed E-state index contributed by atoms with van der Waals surface area (Å²) in [5.74, 6) is -0.274. The fourth-order valence-corrected chi connectivity index (χ4v) is 2.99. The number of rotatable bonds is 2. The molecule has 0 aliphatic carbocycles. The Bertz CT molecular complexity index is 730. The third kappa shape index (κ3) is 2.68. The number of amides is 1. The van der Waals surface area contributed by atoms with Gasteiger partial charge < -0.3 is 10.0 Å². The number of aryl methyl sites for hydroxylation is 1. The van der Waals surface area contributed by atoms with E-state index in [0.717, 1.165) is 11.8 Å². The number of nitrogens with zero attached hydrogens (tertiary/aromatic N) is 2. The summed E-state index contributed by atoms with van der Waals surface area (Å²) in [7, 11) is 0. The van der Waals surface area contributed by atoms with Crippen LogP contribution in [0.5, 0.6) is 0 Å². The van der Waals surface area contributed by atoms with Crippen molar-refractivity contribution in [2.24, 2.45) is 5.92 Å². The first-order chi connectivity index (χ1) is 10.5. The van der Waals surface area contributed by atoms with E-state index in [4.69, 9.17) is 0 Å². The molecule has 4 nitrogen and oxygen atoms in total. The zero-order chi connectivity index (χ0) is 15.9. The van der Waals surface area contributed by atoms with Gasteiger partial charge >= 0.3 is 0 Å². The Morgan fingerprint density at radius 2 is 2.23 bits per heavy atom. The van der Waals surface area contributed by atoms with Crippen LogP contribution < -0.4 is 0 Å². The minimum absolute atomic E-state index is 0.0700. The second-order valence-electron chi connectivity index (χ2n) is 6.00. The van der Waals surface area contributed by atoms with E-state index in [0.29, 0.717) is 29.9 Å². The number of hydrogen-bond acceptors (Lipinski definition) is 3. The molecule has 1 N–H and O–H groups in total. The lowest BCUT2D eigenvalue weighted by molar-refractivity contribution is 0.0761. The van der Waals surface area contributed by atoms with Crippen LogP contribution >= 0.6 is 0 Å². The molecule has 1 saturated heterocycles. The van der Waals surface area contributed by atoms with Crippen LogP contribution in [0, 0.1) is 18.7 Å². The van der Waals surface area contributed by atoms with Crippen LogP contribution in [0.2, 0.25) is 0 Å². The highest BCUT2D eigenvalue weighted by Gasteiger charge is 2.30. The minimum Gasteiger partial charge on any atom is -0.393 e. The van der Waals surface area contributed by atoms with E-state index >= 15 is 0 Å². The smallest absolute Gasteiger partial charge is 0.255 e. The third-order valence-corrected chi connectivity index (χ3v) is 4.39. The highest BCUT2D eigenvalue weighted by molar-refractivity contribution is 5.98. The van der Waals surface area contributed by atoms with Crippen molar-refractivity contribution in [3.05, 3.63) is 41.3 Å². The first-order valence-corrected chi connectivity index (χ1v) is 7.50. The first-order valence-electron chi connectivity index (χ1n) is 7.50. The van der Waals surface area contributed by atoms with Gasteiger partial charge in [-0.25, -0.2) is 4.39 Å². The number of aromatic nitrogens is 1. The van der Waals surface area contributed by atoms with Gasteiger partial charge in [0.05, 0.1) is 22.9 Å². The maximum Gasteiger partial charge on any atom is 0.255 e. The molecular formula is C17H19FN2O2. The summed E-state index contributed by atoms with van der Waals surface area (Å²) in [6.45, 7) is 4.74. The molecule has 22 heavy (non-hydrogen) atoms. The average Bonchev–Trinajstić information content (AvgIpc) is 2.95. The van der Waals surface area contributed by atoms with Gasteiger partial charge in [0, 0.05) is 30.5 Å². The number of aliphatic hydroxyl groups is 1. The SMILES string of the molecule is Cc1nc2cc(F)ccc2cc1C(=O)N1CCC(C(C)O)C1. The fraction of sp³-hybridized carbons (Fsp3) is 0.412. The summed E-state index contributed by atoms with van der Waals surface area (Å²) < 4.78 is 13.3. The molecule has 0 bridgehead atoms. The number of carbonyl (C=O) groups excluding carboxylic acids is 1. The summed E-state index contributed by atoms with van der Waals surface area (Å²) >= 11 is 0. The number of likely N-dealkylation sites (tertiary alicyclic amines) is 1. The van der Waals surface area contributed by atoms with Crippen molar-refractivity contribution in [2.45, 2.75) is 26.4 Å². The average molecular weight is 302 g/mol. The van der Waals surface area contributed by atoms with Crippen LogP contribution in [0.3, 0.4) is 0 Å². The normalized spacial score (nSPS) is 19.6. The Morgan fingerprint density at radius 1 is 1.45 bits per heavy atom. The highest BCUT2D eigenvalue weighted by atomic mass is 19.1. The quantitative estimate of drug-likeness (QED) is 0.927. The molecule has 2 atom stereocenters. The van der Waals surface area contributed by atoms with Gasteiger partial charge in [-0.3, -0.25) is 9.78 Å². The summed E-state index contributed by atoms with van der Waals surface area (Å²) in [5.41, 5.74) is 1.70. The van der Waals surface area contributed by atoms with Crippen molar-refractivity contribution >= 4 is 16.8 Å². The van der Waals surface area contributed by atoms with Crippen LogP contribution in [0.15, 0.2) is 24.3 Å². The Balaban J connectivity index is 1.91. The highest BCUT2D eigenvalue weighted by Crippen LogP contribution is 2.24. The standard InChI is InChI=1S/C17H19FN2O2/c1-10-15(7-12-3-4-14(18)8-16(12)19-10)17(22)20-6-5-13(9-20)11(2)21/h3-4,7-8,11,13,21H,5-6,9H2,1-2H3. The number of aliphatic hydroxyl groups excluding tert-OH is 1. The molecule has 2 unspecified atom stereocenters. The van der Waals surface area contributed by atoms with Crippen molar-refractivity contribution in [1.29, 1.82) is 0 Å². The Labute approximate surface area is 128 Å². The maximum absolute atomic E-state index is 13.3. The second kappa shape index (κ2) is 5.65. The van der Waals surface area contributed by atoms with Crippen LogP contribution in [0.25, 0.3) is 10.9 Å². The largest absolute Gasteiger partial charge is 0.393 e. The Kier molecular flexibility index (Phi) is 3.83. The van der Waals surface area contributed by atoms with Gasteiger partial charge in [0.15, 0.2) is 0 Å². The van der Waals surface area contributed by atoms with Crippen molar-refractivity contribution in [1.82, 2.24) is 9.88 Å².